The molecule has 0 aromatic heterocycles. The average Bonchev–Trinajstić information content (AvgIpc) is 2.15. The Morgan fingerprint density at radius 3 is 2.57 bits per heavy atom. The van der Waals surface area contributed by atoms with Gasteiger partial charge in [0.15, 0.2) is 0 Å². The Labute approximate surface area is 91.0 Å². The van der Waals surface area contributed by atoms with Gasteiger partial charge in [0.2, 0.25) is 5.91 Å². The van der Waals surface area contributed by atoms with Gasteiger partial charge >= 0.3 is 0 Å². The van der Waals surface area contributed by atoms with Crippen LogP contribution < -0.4 is 0 Å². The van der Waals surface area contributed by atoms with E-state index in [1.807, 2.05) is 4.90 Å². The highest BCUT2D eigenvalue weighted by atomic mass is 35.5. The molecule has 0 bridgehead atoms. The van der Waals surface area contributed by atoms with E-state index in [0.717, 1.165) is 19.6 Å². The van der Waals surface area contributed by atoms with Crippen LogP contribution in [-0.4, -0.2) is 53.3 Å². The van der Waals surface area contributed by atoms with E-state index in [1.165, 1.54) is 0 Å². The molecule has 1 atom stereocenters. The lowest BCUT2D eigenvalue weighted by Gasteiger charge is -2.41. The Bertz CT molecular complexity index is 208. The first-order valence-electron chi connectivity index (χ1n) is 5.15. The van der Waals surface area contributed by atoms with E-state index in [1.54, 1.807) is 0 Å². The first kappa shape index (κ1) is 11.8. The molecule has 1 fully saturated rings. The summed E-state index contributed by atoms with van der Waals surface area (Å²) in [6.07, 6.45) is 0. The number of hydrogen-bond donors (Lipinski definition) is 0. The van der Waals surface area contributed by atoms with Gasteiger partial charge < -0.3 is 4.90 Å². The number of nitrogens with zero attached hydrogens (tertiary/aromatic N) is 2. The summed E-state index contributed by atoms with van der Waals surface area (Å²) in [7, 11) is 0. The summed E-state index contributed by atoms with van der Waals surface area (Å²) in [4.78, 5) is 15.6. The summed E-state index contributed by atoms with van der Waals surface area (Å²) in [6.45, 7) is 9.12. The molecule has 0 aromatic carbocycles. The van der Waals surface area contributed by atoms with Gasteiger partial charge in [0, 0.05) is 31.7 Å². The zero-order valence-electron chi connectivity index (χ0n) is 9.16. The third-order valence-corrected chi connectivity index (χ3v) is 3.04. The molecule has 0 aliphatic carbocycles. The third kappa shape index (κ3) is 2.61. The predicted octanol–water partition coefficient (Wildman–Crippen LogP) is 1.17. The van der Waals surface area contributed by atoms with Crippen molar-refractivity contribution in [3.8, 4) is 0 Å². The summed E-state index contributed by atoms with van der Waals surface area (Å²) in [5.41, 5.74) is 0. The molecule has 4 heteroatoms. The fourth-order valence-corrected chi connectivity index (χ4v) is 2.22. The Kier molecular flexibility index (Phi) is 4.20. The molecule has 1 saturated heterocycles. The van der Waals surface area contributed by atoms with Gasteiger partial charge in [-0.15, -0.1) is 11.6 Å². The van der Waals surface area contributed by atoms with Crippen LogP contribution in [0.15, 0.2) is 0 Å². The number of carbonyl (C=O) groups is 1. The fraction of sp³-hybridized carbons (Fsp3) is 0.900. The quantitative estimate of drug-likeness (QED) is 0.650. The van der Waals surface area contributed by atoms with E-state index in [4.69, 9.17) is 11.6 Å². The molecule has 1 amide bonds. The molecule has 3 nitrogen and oxygen atoms in total. The zero-order valence-corrected chi connectivity index (χ0v) is 9.92. The van der Waals surface area contributed by atoms with Gasteiger partial charge in [-0.3, -0.25) is 9.69 Å². The Morgan fingerprint density at radius 2 is 2.14 bits per heavy atom. The first-order chi connectivity index (χ1) is 6.56. The molecule has 0 radical (unpaired) electrons. The van der Waals surface area contributed by atoms with Crippen LogP contribution in [0.3, 0.4) is 0 Å². The van der Waals surface area contributed by atoms with Crippen LogP contribution in [0.2, 0.25) is 0 Å². The van der Waals surface area contributed by atoms with Crippen LogP contribution in [0, 0.1) is 0 Å². The number of amides is 1. The van der Waals surface area contributed by atoms with Gasteiger partial charge in [-0.05, 0) is 20.8 Å². The van der Waals surface area contributed by atoms with Crippen molar-refractivity contribution in [1.82, 2.24) is 9.80 Å². The van der Waals surface area contributed by atoms with Gasteiger partial charge in [0.25, 0.3) is 0 Å². The lowest BCUT2D eigenvalue weighted by Crippen LogP contribution is -2.55. The highest BCUT2D eigenvalue weighted by molar-refractivity contribution is 6.27. The molecular formula is C10H19ClN2O. The van der Waals surface area contributed by atoms with Crippen molar-refractivity contribution in [2.24, 2.45) is 0 Å². The van der Waals surface area contributed by atoms with Crippen molar-refractivity contribution < 1.29 is 4.79 Å². The first-order valence-corrected chi connectivity index (χ1v) is 5.69. The van der Waals surface area contributed by atoms with Crippen molar-refractivity contribution in [3.05, 3.63) is 0 Å². The third-order valence-electron chi connectivity index (χ3n) is 2.81. The molecular weight excluding hydrogens is 200 g/mol. The fourth-order valence-electron chi connectivity index (χ4n) is 2.05. The molecule has 1 heterocycles. The van der Waals surface area contributed by atoms with Crippen molar-refractivity contribution in [2.75, 3.05) is 25.5 Å². The van der Waals surface area contributed by atoms with Gasteiger partial charge in [-0.25, -0.2) is 0 Å². The molecule has 1 rings (SSSR count). The van der Waals surface area contributed by atoms with Crippen molar-refractivity contribution in [2.45, 2.75) is 32.9 Å². The summed E-state index contributed by atoms with van der Waals surface area (Å²) in [6, 6.07) is 0.995. The normalized spacial score (nSPS) is 24.4. The number of piperazine rings is 1. The van der Waals surface area contributed by atoms with E-state index < -0.39 is 0 Å². The Hall–Kier alpha value is -0.280. The van der Waals surface area contributed by atoms with Gasteiger partial charge in [0.1, 0.15) is 5.88 Å². The Morgan fingerprint density at radius 1 is 1.50 bits per heavy atom. The van der Waals surface area contributed by atoms with Crippen molar-refractivity contribution in [1.29, 1.82) is 0 Å². The van der Waals surface area contributed by atoms with Crippen LogP contribution >= 0.6 is 11.6 Å². The smallest absolute Gasteiger partial charge is 0.237 e. The minimum Gasteiger partial charge on any atom is -0.339 e. The minimum absolute atomic E-state index is 0.0573. The van der Waals surface area contributed by atoms with Crippen molar-refractivity contribution >= 4 is 17.5 Å². The predicted molar refractivity (Wildman–Crippen MR) is 58.6 cm³/mol. The van der Waals surface area contributed by atoms with E-state index in [-0.39, 0.29) is 11.8 Å². The molecule has 0 aromatic rings. The second-order valence-corrected chi connectivity index (χ2v) is 4.42. The summed E-state index contributed by atoms with van der Waals surface area (Å²) >= 11 is 5.53. The topological polar surface area (TPSA) is 23.6 Å². The minimum atomic E-state index is 0.0573. The second-order valence-electron chi connectivity index (χ2n) is 4.15. The number of alkyl halides is 1. The van der Waals surface area contributed by atoms with Crippen LogP contribution in [0.5, 0.6) is 0 Å². The van der Waals surface area contributed by atoms with Crippen LogP contribution in [0.25, 0.3) is 0 Å². The van der Waals surface area contributed by atoms with E-state index in [0.29, 0.717) is 12.1 Å². The van der Waals surface area contributed by atoms with Crippen LogP contribution in [0.4, 0.5) is 0 Å². The van der Waals surface area contributed by atoms with Gasteiger partial charge in [-0.1, -0.05) is 0 Å². The van der Waals surface area contributed by atoms with Crippen LogP contribution in [0.1, 0.15) is 20.8 Å². The molecule has 1 unspecified atom stereocenters. The zero-order chi connectivity index (χ0) is 10.7. The lowest BCUT2D eigenvalue weighted by atomic mass is 10.1. The van der Waals surface area contributed by atoms with Gasteiger partial charge in [-0.2, -0.15) is 0 Å². The van der Waals surface area contributed by atoms with Crippen LogP contribution in [-0.2, 0) is 4.79 Å². The average molecular weight is 219 g/mol. The maximum Gasteiger partial charge on any atom is 0.237 e. The number of halogens is 1. The largest absolute Gasteiger partial charge is 0.339 e. The molecule has 0 N–H and O–H groups in total. The molecule has 0 saturated carbocycles. The van der Waals surface area contributed by atoms with E-state index >= 15 is 0 Å². The lowest BCUT2D eigenvalue weighted by molar-refractivity contribution is -0.131. The second kappa shape index (κ2) is 4.99. The number of hydrogen-bond acceptors (Lipinski definition) is 2. The Balaban J connectivity index is 2.50. The molecule has 82 valence electrons. The summed E-state index contributed by atoms with van der Waals surface area (Å²) < 4.78 is 0. The molecule has 0 spiro atoms. The van der Waals surface area contributed by atoms with E-state index in [9.17, 15) is 4.79 Å². The number of rotatable bonds is 2. The van der Waals surface area contributed by atoms with Gasteiger partial charge in [0.05, 0.1) is 0 Å². The van der Waals surface area contributed by atoms with E-state index in [2.05, 4.69) is 25.7 Å². The highest BCUT2D eigenvalue weighted by Crippen LogP contribution is 2.12. The highest BCUT2D eigenvalue weighted by Gasteiger charge is 2.27. The summed E-state index contributed by atoms with van der Waals surface area (Å²) in [5, 5.41) is 0. The maximum absolute atomic E-state index is 11.4. The SMILES string of the molecule is CC(C)N1CCN(C(=O)CCl)CC1C. The summed E-state index contributed by atoms with van der Waals surface area (Å²) in [5.74, 6) is 0.163. The maximum atomic E-state index is 11.4. The molecule has 14 heavy (non-hydrogen) atoms. The number of carbonyl (C=O) groups excluding carboxylic acids is 1. The molecule has 1 aliphatic heterocycles. The molecule has 1 aliphatic rings. The monoisotopic (exact) mass is 218 g/mol. The standard InChI is InChI=1S/C10H19ClN2O/c1-8(2)13-5-4-12(7-9(13)3)10(14)6-11/h8-9H,4-7H2,1-3H3. The van der Waals surface area contributed by atoms with Crippen molar-refractivity contribution in [3.63, 3.8) is 0 Å².